The van der Waals surface area contributed by atoms with Crippen LogP contribution >= 0.6 is 0 Å². The van der Waals surface area contributed by atoms with E-state index in [9.17, 15) is 4.79 Å². The van der Waals surface area contributed by atoms with Crippen LogP contribution < -0.4 is 0 Å². The van der Waals surface area contributed by atoms with Gasteiger partial charge in [-0.25, -0.2) is 0 Å². The Hall–Kier alpha value is -2.03. The van der Waals surface area contributed by atoms with Gasteiger partial charge in [0, 0.05) is 26.8 Å². The van der Waals surface area contributed by atoms with Crippen LogP contribution in [0.5, 0.6) is 0 Å². The van der Waals surface area contributed by atoms with Crippen LogP contribution in [0, 0.1) is 0 Å². The Morgan fingerprint density at radius 2 is 1.89 bits per heavy atom. The molecule has 3 nitrogen and oxygen atoms in total. The van der Waals surface area contributed by atoms with Crippen LogP contribution in [0.3, 0.4) is 0 Å². The molecule has 19 heavy (non-hydrogen) atoms. The van der Waals surface area contributed by atoms with Crippen LogP contribution in [0.2, 0.25) is 0 Å². The molecule has 2 aromatic rings. The summed E-state index contributed by atoms with van der Waals surface area (Å²) in [4.78, 5) is 14.2. The minimum absolute atomic E-state index is 0.0845. The van der Waals surface area contributed by atoms with Gasteiger partial charge in [-0.05, 0) is 18.1 Å². The molecule has 0 saturated heterocycles. The minimum atomic E-state index is 0.0845. The van der Waals surface area contributed by atoms with E-state index in [0.29, 0.717) is 0 Å². The molecule has 0 bridgehead atoms. The predicted octanol–water partition coefficient (Wildman–Crippen LogP) is 3.17. The molecule has 0 N–H and O–H groups in total. The standard InChI is InChI=1S/C16H20N2O/c1-4-11-18(3)16(19)14-10-12-17(2)15(14)13-8-6-5-7-9-13/h5-10,12H,4,11H2,1-3H3. The number of nitrogens with zero attached hydrogens (tertiary/aromatic N) is 2. The molecule has 0 atom stereocenters. The van der Waals surface area contributed by atoms with Gasteiger partial charge in [-0.15, -0.1) is 0 Å². The van der Waals surface area contributed by atoms with Crippen LogP contribution in [0.15, 0.2) is 42.6 Å². The van der Waals surface area contributed by atoms with Gasteiger partial charge in [0.2, 0.25) is 0 Å². The molecular formula is C16H20N2O. The van der Waals surface area contributed by atoms with Crippen molar-refractivity contribution in [2.75, 3.05) is 13.6 Å². The number of carbonyl (C=O) groups excluding carboxylic acids is 1. The molecule has 0 spiro atoms. The number of benzene rings is 1. The van der Waals surface area contributed by atoms with E-state index in [1.165, 1.54) is 0 Å². The van der Waals surface area contributed by atoms with E-state index in [2.05, 4.69) is 6.92 Å². The summed E-state index contributed by atoms with van der Waals surface area (Å²) in [5, 5.41) is 0. The molecule has 2 rings (SSSR count). The molecular weight excluding hydrogens is 236 g/mol. The molecule has 0 aliphatic rings. The SMILES string of the molecule is CCCN(C)C(=O)c1ccn(C)c1-c1ccccc1. The van der Waals surface area contributed by atoms with Gasteiger partial charge in [0.1, 0.15) is 0 Å². The molecule has 0 unspecified atom stereocenters. The van der Waals surface area contributed by atoms with E-state index in [1.54, 1.807) is 4.90 Å². The van der Waals surface area contributed by atoms with Gasteiger partial charge in [0.05, 0.1) is 11.3 Å². The molecule has 1 aromatic heterocycles. The Morgan fingerprint density at radius 3 is 2.53 bits per heavy atom. The maximum Gasteiger partial charge on any atom is 0.255 e. The van der Waals surface area contributed by atoms with Crippen LogP contribution in [-0.2, 0) is 7.05 Å². The number of hydrogen-bond acceptors (Lipinski definition) is 1. The molecule has 100 valence electrons. The van der Waals surface area contributed by atoms with Crippen molar-refractivity contribution in [1.82, 2.24) is 9.47 Å². The maximum absolute atomic E-state index is 12.5. The third-order valence-electron chi connectivity index (χ3n) is 3.26. The Balaban J connectivity index is 2.41. The monoisotopic (exact) mass is 256 g/mol. The van der Waals surface area contributed by atoms with Crippen molar-refractivity contribution < 1.29 is 4.79 Å². The Kier molecular flexibility index (Phi) is 4.05. The lowest BCUT2D eigenvalue weighted by Crippen LogP contribution is -2.27. The van der Waals surface area contributed by atoms with Crippen molar-refractivity contribution >= 4 is 5.91 Å². The largest absolute Gasteiger partial charge is 0.350 e. The van der Waals surface area contributed by atoms with E-state index in [0.717, 1.165) is 29.8 Å². The van der Waals surface area contributed by atoms with E-state index < -0.39 is 0 Å². The highest BCUT2D eigenvalue weighted by atomic mass is 16.2. The first-order valence-electron chi connectivity index (χ1n) is 6.61. The molecule has 0 saturated carbocycles. The van der Waals surface area contributed by atoms with Crippen molar-refractivity contribution in [3.63, 3.8) is 0 Å². The molecule has 1 amide bonds. The van der Waals surface area contributed by atoms with Crippen molar-refractivity contribution in [2.45, 2.75) is 13.3 Å². The predicted molar refractivity (Wildman–Crippen MR) is 78.1 cm³/mol. The number of amides is 1. The van der Waals surface area contributed by atoms with Gasteiger partial charge < -0.3 is 9.47 Å². The third-order valence-corrected chi connectivity index (χ3v) is 3.26. The molecule has 1 heterocycles. The van der Waals surface area contributed by atoms with Gasteiger partial charge in [0.15, 0.2) is 0 Å². The zero-order valence-electron chi connectivity index (χ0n) is 11.8. The zero-order valence-corrected chi connectivity index (χ0v) is 11.8. The second-order valence-corrected chi connectivity index (χ2v) is 4.78. The topological polar surface area (TPSA) is 25.2 Å². The maximum atomic E-state index is 12.5. The van der Waals surface area contributed by atoms with Crippen LogP contribution in [0.25, 0.3) is 11.3 Å². The summed E-state index contributed by atoms with van der Waals surface area (Å²) in [6, 6.07) is 11.9. The van der Waals surface area contributed by atoms with E-state index >= 15 is 0 Å². The third kappa shape index (κ3) is 2.70. The zero-order chi connectivity index (χ0) is 13.8. The molecule has 0 fully saturated rings. The fourth-order valence-electron chi connectivity index (χ4n) is 2.30. The highest BCUT2D eigenvalue weighted by molar-refractivity contribution is 6.00. The molecule has 1 aromatic carbocycles. The summed E-state index contributed by atoms with van der Waals surface area (Å²) in [6.45, 7) is 2.86. The lowest BCUT2D eigenvalue weighted by atomic mass is 10.1. The van der Waals surface area contributed by atoms with Crippen molar-refractivity contribution in [2.24, 2.45) is 7.05 Å². The van der Waals surface area contributed by atoms with Gasteiger partial charge in [-0.1, -0.05) is 37.3 Å². The number of carbonyl (C=O) groups is 1. The summed E-state index contributed by atoms with van der Waals surface area (Å²) in [7, 11) is 3.83. The fourth-order valence-corrected chi connectivity index (χ4v) is 2.30. The van der Waals surface area contributed by atoms with Gasteiger partial charge in [-0.3, -0.25) is 4.79 Å². The molecule has 0 aliphatic heterocycles. The van der Waals surface area contributed by atoms with Crippen LogP contribution in [-0.4, -0.2) is 29.0 Å². The van der Waals surface area contributed by atoms with E-state index in [4.69, 9.17) is 0 Å². The summed E-state index contributed by atoms with van der Waals surface area (Å²) in [5.41, 5.74) is 2.82. The quantitative estimate of drug-likeness (QED) is 0.824. The molecule has 3 heteroatoms. The van der Waals surface area contributed by atoms with Gasteiger partial charge >= 0.3 is 0 Å². The van der Waals surface area contributed by atoms with Gasteiger partial charge in [-0.2, -0.15) is 0 Å². The Morgan fingerprint density at radius 1 is 1.21 bits per heavy atom. The van der Waals surface area contributed by atoms with E-state index in [-0.39, 0.29) is 5.91 Å². The molecule has 0 radical (unpaired) electrons. The van der Waals surface area contributed by atoms with Crippen molar-refractivity contribution in [3.8, 4) is 11.3 Å². The van der Waals surface area contributed by atoms with Crippen LogP contribution in [0.1, 0.15) is 23.7 Å². The average Bonchev–Trinajstić information content (AvgIpc) is 2.81. The van der Waals surface area contributed by atoms with Crippen molar-refractivity contribution in [1.29, 1.82) is 0 Å². The number of aryl methyl sites for hydroxylation is 1. The second-order valence-electron chi connectivity index (χ2n) is 4.78. The summed E-state index contributed by atoms with van der Waals surface area (Å²) in [6.07, 6.45) is 2.91. The number of rotatable bonds is 4. The highest BCUT2D eigenvalue weighted by Crippen LogP contribution is 2.25. The Labute approximate surface area is 114 Å². The number of hydrogen-bond donors (Lipinski definition) is 0. The summed E-state index contributed by atoms with van der Waals surface area (Å²) < 4.78 is 2.00. The average molecular weight is 256 g/mol. The smallest absolute Gasteiger partial charge is 0.255 e. The highest BCUT2D eigenvalue weighted by Gasteiger charge is 2.18. The normalized spacial score (nSPS) is 10.5. The first-order chi connectivity index (χ1) is 9.15. The first-order valence-corrected chi connectivity index (χ1v) is 6.61. The number of aromatic nitrogens is 1. The lowest BCUT2D eigenvalue weighted by molar-refractivity contribution is 0.0796. The fraction of sp³-hybridized carbons (Fsp3) is 0.312. The second kappa shape index (κ2) is 5.74. The lowest BCUT2D eigenvalue weighted by Gasteiger charge is -2.17. The van der Waals surface area contributed by atoms with Gasteiger partial charge in [0.25, 0.3) is 5.91 Å². The first kappa shape index (κ1) is 13.4. The Bertz CT molecular complexity index is 557. The molecule has 0 aliphatic carbocycles. The summed E-state index contributed by atoms with van der Waals surface area (Å²) >= 11 is 0. The van der Waals surface area contributed by atoms with E-state index in [1.807, 2.05) is 61.3 Å². The van der Waals surface area contributed by atoms with Crippen LogP contribution in [0.4, 0.5) is 0 Å². The van der Waals surface area contributed by atoms with Crippen molar-refractivity contribution in [3.05, 3.63) is 48.2 Å². The summed E-state index contributed by atoms with van der Waals surface area (Å²) in [5.74, 6) is 0.0845. The minimum Gasteiger partial charge on any atom is -0.350 e.